The van der Waals surface area contributed by atoms with Gasteiger partial charge in [-0.05, 0) is 13.3 Å². The van der Waals surface area contributed by atoms with Crippen molar-refractivity contribution < 1.29 is 12.6 Å². The van der Waals surface area contributed by atoms with E-state index in [9.17, 15) is 8.42 Å². The topological polar surface area (TPSA) is 43.4 Å². The summed E-state index contributed by atoms with van der Waals surface area (Å²) >= 11 is 0. The van der Waals surface area contributed by atoms with Gasteiger partial charge in [0, 0.05) is 0 Å². The summed E-state index contributed by atoms with van der Waals surface area (Å²) in [5.74, 6) is 0. The zero-order valence-electron chi connectivity index (χ0n) is 7.62. The molecule has 0 N–H and O–H groups in total. The summed E-state index contributed by atoms with van der Waals surface area (Å²) in [5, 5.41) is -0.283. The maximum atomic E-state index is 10.8. The van der Waals surface area contributed by atoms with Crippen molar-refractivity contribution in [2.45, 2.75) is 50.9 Å². The molecule has 0 unspecified atom stereocenters. The van der Waals surface area contributed by atoms with Gasteiger partial charge in [-0.2, -0.15) is 8.42 Å². The quantitative estimate of drug-likeness (QED) is 0.503. The fourth-order valence-electron chi connectivity index (χ4n) is 1.35. The van der Waals surface area contributed by atoms with Crippen LogP contribution in [0.4, 0.5) is 0 Å². The summed E-state index contributed by atoms with van der Waals surface area (Å²) in [6.07, 6.45) is 4.23. The smallest absolute Gasteiger partial charge is 0.265 e. The van der Waals surface area contributed by atoms with Gasteiger partial charge in [-0.25, -0.2) is 0 Å². The molecule has 0 spiro atoms. The number of hydrogen-bond donors (Lipinski definition) is 0. The minimum atomic E-state index is -3.15. The Bertz CT molecular complexity index is 233. The van der Waals surface area contributed by atoms with Crippen molar-refractivity contribution in [3.63, 3.8) is 0 Å². The average Bonchev–Trinajstić information content (AvgIpc) is 2.03. The largest absolute Gasteiger partial charge is 0.272 e. The van der Waals surface area contributed by atoms with Crippen molar-refractivity contribution in [2.24, 2.45) is 0 Å². The van der Waals surface area contributed by atoms with Crippen LogP contribution in [0.5, 0.6) is 0 Å². The van der Waals surface area contributed by atoms with Crippen LogP contribution in [-0.4, -0.2) is 19.8 Å². The van der Waals surface area contributed by atoms with Gasteiger partial charge in [0.1, 0.15) is 5.25 Å². The lowest BCUT2D eigenvalue weighted by Crippen LogP contribution is -2.47. The fourth-order valence-corrected chi connectivity index (χ4v) is 2.52. The minimum absolute atomic E-state index is 0.0402. The molecule has 12 heavy (non-hydrogen) atoms. The number of rotatable bonds is 4. The Labute approximate surface area is 74.2 Å². The molecule has 4 heteroatoms. The van der Waals surface area contributed by atoms with E-state index in [4.69, 9.17) is 4.18 Å². The van der Waals surface area contributed by atoms with Gasteiger partial charge in [-0.15, -0.1) is 0 Å². The highest BCUT2D eigenvalue weighted by atomic mass is 32.2. The van der Waals surface area contributed by atoms with Gasteiger partial charge in [0.05, 0.1) is 6.10 Å². The average molecular weight is 192 g/mol. The van der Waals surface area contributed by atoms with Gasteiger partial charge >= 0.3 is 0 Å². The highest BCUT2D eigenvalue weighted by Crippen LogP contribution is 2.28. The fraction of sp³-hybridized carbons (Fsp3) is 1.00. The van der Waals surface area contributed by atoms with Crippen LogP contribution in [0.1, 0.15) is 39.5 Å². The molecule has 1 saturated heterocycles. The molecule has 0 amide bonds. The first kappa shape index (κ1) is 9.99. The second-order valence-corrected chi connectivity index (χ2v) is 5.25. The third-order valence-electron chi connectivity index (χ3n) is 2.33. The van der Waals surface area contributed by atoms with Gasteiger partial charge < -0.3 is 0 Å². The van der Waals surface area contributed by atoms with Gasteiger partial charge in [0.25, 0.3) is 10.1 Å². The second-order valence-electron chi connectivity index (χ2n) is 3.33. The Morgan fingerprint density at radius 2 is 2.00 bits per heavy atom. The molecule has 1 aliphatic rings. The van der Waals surface area contributed by atoms with Crippen molar-refractivity contribution >= 4 is 10.1 Å². The summed E-state index contributed by atoms with van der Waals surface area (Å²) in [4.78, 5) is 0. The molecular weight excluding hydrogens is 176 g/mol. The highest BCUT2D eigenvalue weighted by Gasteiger charge is 2.43. The first-order valence-corrected chi connectivity index (χ1v) is 5.97. The van der Waals surface area contributed by atoms with E-state index in [0.29, 0.717) is 0 Å². The monoisotopic (exact) mass is 192 g/mol. The lowest BCUT2D eigenvalue weighted by atomic mass is 10.1. The molecule has 1 heterocycles. The Morgan fingerprint density at radius 3 is 2.42 bits per heavy atom. The molecule has 0 aromatic heterocycles. The number of hydrogen-bond acceptors (Lipinski definition) is 3. The van der Waals surface area contributed by atoms with E-state index >= 15 is 0 Å². The molecule has 1 rings (SSSR count). The first-order chi connectivity index (χ1) is 5.58. The molecule has 3 nitrogen and oxygen atoms in total. The molecule has 0 radical (unpaired) electrons. The van der Waals surface area contributed by atoms with Crippen LogP contribution in [0.15, 0.2) is 0 Å². The zero-order valence-corrected chi connectivity index (χ0v) is 8.43. The lowest BCUT2D eigenvalue weighted by molar-refractivity contribution is 0.133. The van der Waals surface area contributed by atoms with Crippen molar-refractivity contribution in [3.05, 3.63) is 0 Å². The maximum Gasteiger partial charge on any atom is 0.272 e. The maximum absolute atomic E-state index is 10.8. The molecule has 0 aromatic rings. The van der Waals surface area contributed by atoms with Crippen LogP contribution in [0.2, 0.25) is 0 Å². The normalized spacial score (nSPS) is 32.8. The van der Waals surface area contributed by atoms with E-state index in [2.05, 4.69) is 6.92 Å². The van der Waals surface area contributed by atoms with Crippen LogP contribution < -0.4 is 0 Å². The molecule has 0 aliphatic carbocycles. The molecule has 72 valence electrons. The van der Waals surface area contributed by atoms with Crippen molar-refractivity contribution in [1.82, 2.24) is 0 Å². The van der Waals surface area contributed by atoms with Gasteiger partial charge in [0.15, 0.2) is 0 Å². The van der Waals surface area contributed by atoms with Crippen molar-refractivity contribution in [3.8, 4) is 0 Å². The SMILES string of the molecule is CCCCC[C@H]1OS(=O)(=O)[C@@H]1C. The van der Waals surface area contributed by atoms with Crippen molar-refractivity contribution in [1.29, 1.82) is 0 Å². The van der Waals surface area contributed by atoms with E-state index in [1.807, 2.05) is 0 Å². The predicted molar refractivity (Wildman–Crippen MR) is 47.4 cm³/mol. The van der Waals surface area contributed by atoms with E-state index in [1.165, 1.54) is 0 Å². The van der Waals surface area contributed by atoms with Crippen LogP contribution in [-0.2, 0) is 14.3 Å². The Hall–Kier alpha value is -0.0900. The lowest BCUT2D eigenvalue weighted by Gasteiger charge is -2.32. The Balaban J connectivity index is 2.22. The van der Waals surface area contributed by atoms with Crippen LogP contribution in [0.3, 0.4) is 0 Å². The zero-order chi connectivity index (χ0) is 9.19. The van der Waals surface area contributed by atoms with Crippen LogP contribution in [0, 0.1) is 0 Å². The number of unbranched alkanes of at least 4 members (excludes halogenated alkanes) is 2. The van der Waals surface area contributed by atoms with E-state index in [0.717, 1.165) is 25.7 Å². The summed E-state index contributed by atoms with van der Waals surface area (Å²) in [6.45, 7) is 3.84. The summed E-state index contributed by atoms with van der Waals surface area (Å²) < 4.78 is 26.4. The third kappa shape index (κ3) is 1.98. The molecule has 0 saturated carbocycles. The Kier molecular flexibility index (Phi) is 3.12. The molecule has 0 aromatic carbocycles. The van der Waals surface area contributed by atoms with Gasteiger partial charge in [0.2, 0.25) is 0 Å². The van der Waals surface area contributed by atoms with Gasteiger partial charge in [-0.1, -0.05) is 26.2 Å². The highest BCUT2D eigenvalue weighted by molar-refractivity contribution is 7.88. The predicted octanol–water partition coefficient (Wildman–Crippen LogP) is 1.68. The third-order valence-corrected chi connectivity index (χ3v) is 4.06. The molecule has 0 bridgehead atoms. The van der Waals surface area contributed by atoms with Crippen LogP contribution >= 0.6 is 0 Å². The Morgan fingerprint density at radius 1 is 1.33 bits per heavy atom. The molecular formula is C8H16O3S. The summed E-state index contributed by atoms with van der Waals surface area (Å²) in [7, 11) is -3.15. The van der Waals surface area contributed by atoms with Crippen LogP contribution in [0.25, 0.3) is 0 Å². The molecule has 1 fully saturated rings. The van der Waals surface area contributed by atoms with E-state index in [-0.39, 0.29) is 11.4 Å². The van der Waals surface area contributed by atoms with E-state index in [1.54, 1.807) is 6.92 Å². The molecule has 1 aliphatic heterocycles. The summed E-state index contributed by atoms with van der Waals surface area (Å²) in [6, 6.07) is 0. The van der Waals surface area contributed by atoms with Gasteiger partial charge in [-0.3, -0.25) is 4.18 Å². The second kappa shape index (κ2) is 3.75. The minimum Gasteiger partial charge on any atom is -0.265 e. The first-order valence-electron chi connectivity index (χ1n) is 4.50. The van der Waals surface area contributed by atoms with Crippen molar-refractivity contribution in [2.75, 3.05) is 0 Å². The standard InChI is InChI=1S/C8H16O3S/c1-3-4-5-6-8-7(2)12(9,10)11-8/h7-8H,3-6H2,1-2H3/t7-,8-/m1/s1. The summed E-state index contributed by atoms with van der Waals surface area (Å²) in [5.41, 5.74) is 0. The molecule has 2 atom stereocenters. The van der Waals surface area contributed by atoms with E-state index < -0.39 is 10.1 Å².